The summed E-state index contributed by atoms with van der Waals surface area (Å²) in [5.74, 6) is -0.149. The number of hydrogen-bond acceptors (Lipinski definition) is 4. The second kappa shape index (κ2) is 4.62. The molecule has 0 heterocycles. The second-order valence-electron chi connectivity index (χ2n) is 2.79. The van der Waals surface area contributed by atoms with Gasteiger partial charge in [0.1, 0.15) is 5.75 Å². The van der Waals surface area contributed by atoms with Gasteiger partial charge < -0.3 is 14.9 Å². The number of phenols is 1. The summed E-state index contributed by atoms with van der Waals surface area (Å²) in [6.45, 7) is 2.08. The molecule has 0 aliphatic carbocycles. The van der Waals surface area contributed by atoms with E-state index < -0.39 is 6.10 Å². The zero-order valence-electron chi connectivity index (χ0n) is 7.90. The van der Waals surface area contributed by atoms with Gasteiger partial charge in [-0.2, -0.15) is 0 Å². The molecule has 0 spiro atoms. The maximum Gasteiger partial charge on any atom is 0.214 e. The zero-order valence-corrected chi connectivity index (χ0v) is 7.90. The first kappa shape index (κ1) is 10.5. The Bertz CT molecular complexity index is 325. The molecule has 0 saturated carbocycles. The van der Waals surface area contributed by atoms with E-state index in [2.05, 4.69) is 0 Å². The number of aromatic hydroxyl groups is 1. The van der Waals surface area contributed by atoms with Crippen LogP contribution >= 0.6 is 0 Å². The van der Waals surface area contributed by atoms with Crippen LogP contribution in [0.5, 0.6) is 5.75 Å². The molecule has 4 heteroatoms. The second-order valence-corrected chi connectivity index (χ2v) is 2.79. The van der Waals surface area contributed by atoms with E-state index in [0.29, 0.717) is 12.2 Å². The van der Waals surface area contributed by atoms with Gasteiger partial charge in [-0.05, 0) is 24.6 Å². The Morgan fingerprint density at radius 1 is 1.57 bits per heavy atom. The van der Waals surface area contributed by atoms with Crippen LogP contribution in [0.3, 0.4) is 0 Å². The Morgan fingerprint density at radius 2 is 2.29 bits per heavy atom. The van der Waals surface area contributed by atoms with Crippen molar-refractivity contribution >= 4 is 5.90 Å². The molecule has 14 heavy (non-hydrogen) atoms. The van der Waals surface area contributed by atoms with E-state index in [1.807, 2.05) is 0 Å². The largest absolute Gasteiger partial charge is 0.508 e. The van der Waals surface area contributed by atoms with E-state index in [4.69, 9.17) is 15.3 Å². The smallest absolute Gasteiger partial charge is 0.214 e. The molecule has 0 saturated heterocycles. The molecular weight excluding hydrogens is 182 g/mol. The first-order chi connectivity index (χ1) is 6.65. The predicted octanol–water partition coefficient (Wildman–Crippen LogP) is 1.44. The van der Waals surface area contributed by atoms with Crippen molar-refractivity contribution in [3.63, 3.8) is 0 Å². The third-order valence-corrected chi connectivity index (χ3v) is 1.73. The summed E-state index contributed by atoms with van der Waals surface area (Å²) in [6.07, 6.45) is -1.11. The molecule has 3 N–H and O–H groups in total. The summed E-state index contributed by atoms with van der Waals surface area (Å²) in [5, 5.41) is 26.1. The quantitative estimate of drug-likeness (QED) is 0.504. The lowest BCUT2D eigenvalue weighted by molar-refractivity contribution is 0.190. The molecular formula is C10H13NO3. The van der Waals surface area contributed by atoms with Crippen LogP contribution in [0.15, 0.2) is 24.3 Å². The molecule has 0 aliphatic rings. The molecule has 1 rings (SSSR count). The lowest BCUT2D eigenvalue weighted by atomic mass is 10.1. The third-order valence-electron chi connectivity index (χ3n) is 1.73. The first-order valence-corrected chi connectivity index (χ1v) is 4.33. The molecule has 76 valence electrons. The fourth-order valence-corrected chi connectivity index (χ4v) is 1.08. The molecule has 0 bridgehead atoms. The maximum atomic E-state index is 9.58. The normalized spacial score (nSPS) is 12.1. The topological polar surface area (TPSA) is 73.5 Å². The van der Waals surface area contributed by atoms with Gasteiger partial charge in [-0.15, -0.1) is 0 Å². The minimum absolute atomic E-state index is 0.0610. The van der Waals surface area contributed by atoms with Gasteiger partial charge in [0, 0.05) is 0 Å². The van der Waals surface area contributed by atoms with Gasteiger partial charge in [-0.1, -0.05) is 12.1 Å². The van der Waals surface area contributed by atoms with E-state index in [0.717, 1.165) is 0 Å². The fourth-order valence-electron chi connectivity index (χ4n) is 1.08. The predicted molar refractivity (Wildman–Crippen MR) is 52.4 cm³/mol. The Labute approximate surface area is 82.3 Å². The molecule has 4 nitrogen and oxygen atoms in total. The third kappa shape index (κ3) is 2.47. The summed E-state index contributed by atoms with van der Waals surface area (Å²) in [4.78, 5) is 0. The lowest BCUT2D eigenvalue weighted by Crippen LogP contribution is -2.14. The van der Waals surface area contributed by atoms with Crippen molar-refractivity contribution in [2.75, 3.05) is 6.61 Å². The molecule has 0 amide bonds. The van der Waals surface area contributed by atoms with Crippen molar-refractivity contribution in [3.8, 4) is 5.75 Å². The zero-order chi connectivity index (χ0) is 10.6. The SMILES string of the molecule is CCOC(=N)C(O)c1cccc(O)c1. The van der Waals surface area contributed by atoms with Crippen molar-refractivity contribution in [2.45, 2.75) is 13.0 Å². The number of phenolic OH excluding ortho intramolecular Hbond substituents is 1. The van der Waals surface area contributed by atoms with E-state index >= 15 is 0 Å². The molecule has 0 aromatic heterocycles. The van der Waals surface area contributed by atoms with Gasteiger partial charge in [-0.25, -0.2) is 0 Å². The van der Waals surface area contributed by atoms with Crippen LogP contribution in [-0.2, 0) is 4.74 Å². The van der Waals surface area contributed by atoms with Gasteiger partial charge in [0.25, 0.3) is 0 Å². The van der Waals surface area contributed by atoms with E-state index in [1.54, 1.807) is 19.1 Å². The Balaban J connectivity index is 2.78. The van der Waals surface area contributed by atoms with Crippen LogP contribution in [0, 0.1) is 5.41 Å². The van der Waals surface area contributed by atoms with Crippen LogP contribution in [0.4, 0.5) is 0 Å². The number of aliphatic hydroxyl groups excluding tert-OH is 1. The van der Waals surface area contributed by atoms with Crippen LogP contribution in [0.25, 0.3) is 0 Å². The molecule has 0 radical (unpaired) electrons. The Hall–Kier alpha value is -1.55. The van der Waals surface area contributed by atoms with Gasteiger partial charge in [0.2, 0.25) is 5.90 Å². The number of rotatable bonds is 3. The number of nitrogens with one attached hydrogen (secondary N) is 1. The van der Waals surface area contributed by atoms with Gasteiger partial charge in [0.05, 0.1) is 6.61 Å². The number of ether oxygens (including phenoxy) is 1. The van der Waals surface area contributed by atoms with Crippen molar-refractivity contribution in [1.82, 2.24) is 0 Å². The number of aliphatic hydroxyl groups is 1. The van der Waals surface area contributed by atoms with E-state index in [1.165, 1.54) is 12.1 Å². The van der Waals surface area contributed by atoms with Gasteiger partial charge in [0.15, 0.2) is 6.10 Å². The molecule has 1 atom stereocenters. The molecule has 0 fully saturated rings. The summed E-state index contributed by atoms with van der Waals surface area (Å²) in [5.41, 5.74) is 0.448. The highest BCUT2D eigenvalue weighted by Crippen LogP contribution is 2.19. The molecule has 1 unspecified atom stereocenters. The van der Waals surface area contributed by atoms with Crippen LogP contribution in [0.1, 0.15) is 18.6 Å². The van der Waals surface area contributed by atoms with E-state index in [-0.39, 0.29) is 11.6 Å². The Kier molecular flexibility index (Phi) is 3.48. The monoisotopic (exact) mass is 195 g/mol. The average Bonchev–Trinajstić information content (AvgIpc) is 2.17. The summed E-state index contributed by atoms with van der Waals surface area (Å²) in [6, 6.07) is 6.13. The average molecular weight is 195 g/mol. The van der Waals surface area contributed by atoms with Crippen molar-refractivity contribution in [2.24, 2.45) is 0 Å². The number of hydrogen-bond donors (Lipinski definition) is 3. The summed E-state index contributed by atoms with van der Waals surface area (Å²) < 4.78 is 4.85. The first-order valence-electron chi connectivity index (χ1n) is 4.33. The minimum Gasteiger partial charge on any atom is -0.508 e. The Morgan fingerprint density at radius 3 is 2.86 bits per heavy atom. The van der Waals surface area contributed by atoms with Crippen LogP contribution in [-0.4, -0.2) is 22.7 Å². The summed E-state index contributed by atoms with van der Waals surface area (Å²) in [7, 11) is 0. The van der Waals surface area contributed by atoms with Crippen molar-refractivity contribution in [1.29, 1.82) is 5.41 Å². The molecule has 1 aromatic rings. The number of benzene rings is 1. The summed E-state index contributed by atoms with van der Waals surface area (Å²) >= 11 is 0. The minimum atomic E-state index is -1.11. The van der Waals surface area contributed by atoms with Crippen LogP contribution < -0.4 is 0 Å². The van der Waals surface area contributed by atoms with Gasteiger partial charge in [-0.3, -0.25) is 5.41 Å². The fraction of sp³-hybridized carbons (Fsp3) is 0.300. The molecule has 0 aliphatic heterocycles. The van der Waals surface area contributed by atoms with Crippen molar-refractivity contribution in [3.05, 3.63) is 29.8 Å². The highest BCUT2D eigenvalue weighted by atomic mass is 16.5. The van der Waals surface area contributed by atoms with Crippen molar-refractivity contribution < 1.29 is 14.9 Å². The lowest BCUT2D eigenvalue weighted by Gasteiger charge is -2.12. The van der Waals surface area contributed by atoms with Gasteiger partial charge >= 0.3 is 0 Å². The standard InChI is InChI=1S/C10H13NO3/c1-2-14-10(11)9(13)7-4-3-5-8(12)6-7/h3-6,9,11-13H,2H2,1H3. The highest BCUT2D eigenvalue weighted by Gasteiger charge is 2.14. The molecule has 1 aromatic carbocycles. The maximum absolute atomic E-state index is 9.58. The van der Waals surface area contributed by atoms with E-state index in [9.17, 15) is 5.11 Å². The highest BCUT2D eigenvalue weighted by molar-refractivity contribution is 5.79. The van der Waals surface area contributed by atoms with Crippen LogP contribution in [0.2, 0.25) is 0 Å².